The van der Waals surface area contributed by atoms with Crippen LogP contribution in [0.3, 0.4) is 0 Å². The number of thioether (sulfide) groups is 1. The fourth-order valence-corrected chi connectivity index (χ4v) is 2.85. The van der Waals surface area contributed by atoms with Crippen LogP contribution in [0.15, 0.2) is 65.7 Å². The Morgan fingerprint density at radius 2 is 1.78 bits per heavy atom. The van der Waals surface area contributed by atoms with E-state index in [-0.39, 0.29) is 17.6 Å². The first-order valence-electron chi connectivity index (χ1n) is 7.06. The zero-order chi connectivity index (χ0) is 16.1. The van der Waals surface area contributed by atoms with Gasteiger partial charge in [-0.2, -0.15) is 0 Å². The molecule has 0 atom stereocenters. The van der Waals surface area contributed by atoms with E-state index in [1.807, 2.05) is 42.5 Å². The molecule has 3 aromatic rings. The van der Waals surface area contributed by atoms with Gasteiger partial charge in [0.05, 0.1) is 5.75 Å². The largest absolute Gasteiger partial charge is 0.357 e. The zero-order valence-corrected chi connectivity index (χ0v) is 13.0. The molecule has 0 aliphatic rings. The zero-order valence-electron chi connectivity index (χ0n) is 12.2. The van der Waals surface area contributed by atoms with Crippen molar-refractivity contribution in [3.8, 4) is 0 Å². The molecule has 0 bridgehead atoms. The number of carbonyl (C=O) groups excluding carboxylic acids is 2. The van der Waals surface area contributed by atoms with E-state index < -0.39 is 0 Å². The van der Waals surface area contributed by atoms with Gasteiger partial charge in [0.1, 0.15) is 5.69 Å². The van der Waals surface area contributed by atoms with Gasteiger partial charge in [-0.15, -0.1) is 11.8 Å². The summed E-state index contributed by atoms with van der Waals surface area (Å²) in [5.41, 5.74) is 5.16. The predicted molar refractivity (Wildman–Crippen MR) is 91.1 cm³/mol. The Hall–Kier alpha value is -2.73. The van der Waals surface area contributed by atoms with Crippen LogP contribution in [-0.2, 0) is 4.79 Å². The molecule has 2 aromatic carbocycles. The highest BCUT2D eigenvalue weighted by Gasteiger charge is 2.08. The van der Waals surface area contributed by atoms with Crippen molar-refractivity contribution in [1.82, 2.24) is 15.8 Å². The fourth-order valence-electron chi connectivity index (χ4n) is 2.11. The van der Waals surface area contributed by atoms with Crippen molar-refractivity contribution in [2.75, 3.05) is 5.75 Å². The molecule has 0 saturated carbocycles. The van der Waals surface area contributed by atoms with E-state index >= 15 is 0 Å². The molecular formula is C17H15N3O2S. The Morgan fingerprint density at radius 1 is 0.957 bits per heavy atom. The summed E-state index contributed by atoms with van der Waals surface area (Å²) in [5.74, 6) is -0.411. The summed E-state index contributed by atoms with van der Waals surface area (Å²) in [6.45, 7) is 0. The van der Waals surface area contributed by atoms with E-state index in [9.17, 15) is 9.59 Å². The van der Waals surface area contributed by atoms with E-state index in [0.717, 1.165) is 10.3 Å². The van der Waals surface area contributed by atoms with Crippen molar-refractivity contribution in [2.45, 2.75) is 4.90 Å². The summed E-state index contributed by atoms with van der Waals surface area (Å²) >= 11 is 1.42. The van der Waals surface area contributed by atoms with Gasteiger partial charge in [0.25, 0.3) is 5.91 Å². The third kappa shape index (κ3) is 3.92. The van der Waals surface area contributed by atoms with Crippen LogP contribution in [0.4, 0.5) is 0 Å². The minimum Gasteiger partial charge on any atom is -0.357 e. The topological polar surface area (TPSA) is 74.0 Å². The van der Waals surface area contributed by atoms with Crippen LogP contribution >= 0.6 is 11.8 Å². The Balaban J connectivity index is 1.51. The average Bonchev–Trinajstić information content (AvgIpc) is 3.12. The van der Waals surface area contributed by atoms with Crippen LogP contribution < -0.4 is 10.9 Å². The van der Waals surface area contributed by atoms with E-state index in [0.29, 0.717) is 5.69 Å². The second kappa shape index (κ2) is 7.02. The highest BCUT2D eigenvalue weighted by atomic mass is 32.2. The molecule has 3 rings (SSSR count). The van der Waals surface area contributed by atoms with Crippen LogP contribution in [0.1, 0.15) is 10.5 Å². The molecule has 5 nitrogen and oxygen atoms in total. The minimum absolute atomic E-state index is 0.226. The molecule has 116 valence electrons. The normalized spacial score (nSPS) is 10.4. The minimum atomic E-state index is -0.376. The summed E-state index contributed by atoms with van der Waals surface area (Å²) in [6, 6.07) is 17.5. The van der Waals surface area contributed by atoms with E-state index in [1.165, 1.54) is 17.1 Å². The molecule has 0 aliphatic carbocycles. The summed E-state index contributed by atoms with van der Waals surface area (Å²) in [5, 5.41) is 2.30. The molecule has 3 N–H and O–H groups in total. The van der Waals surface area contributed by atoms with Crippen molar-refractivity contribution in [1.29, 1.82) is 0 Å². The number of nitrogens with one attached hydrogen (secondary N) is 3. The smallest absolute Gasteiger partial charge is 0.286 e. The number of fused-ring (bicyclic) bond motifs is 1. The standard InChI is InChI=1S/C17H15N3O2S/c21-16(19-20-17(22)15-6-3-9-18-15)11-23-14-8-7-12-4-1-2-5-13(12)10-14/h1-10,18H,11H2,(H,19,21)(H,20,22). The molecule has 0 spiro atoms. The number of carbonyl (C=O) groups is 2. The first kappa shape index (κ1) is 15.2. The maximum atomic E-state index is 11.8. The highest BCUT2D eigenvalue weighted by molar-refractivity contribution is 8.00. The molecule has 0 saturated heterocycles. The van der Waals surface area contributed by atoms with Gasteiger partial charge in [0.2, 0.25) is 5.91 Å². The molecule has 1 heterocycles. The number of H-pyrrole nitrogens is 1. The average molecular weight is 325 g/mol. The van der Waals surface area contributed by atoms with Gasteiger partial charge in [0, 0.05) is 11.1 Å². The number of hydrogen-bond donors (Lipinski definition) is 3. The van der Waals surface area contributed by atoms with E-state index in [2.05, 4.69) is 15.8 Å². The van der Waals surface area contributed by atoms with Crippen LogP contribution in [0.5, 0.6) is 0 Å². The second-order valence-corrected chi connectivity index (χ2v) is 5.93. The van der Waals surface area contributed by atoms with Gasteiger partial charge in [-0.05, 0) is 35.0 Å². The van der Waals surface area contributed by atoms with Gasteiger partial charge < -0.3 is 4.98 Å². The maximum absolute atomic E-state index is 11.8. The van der Waals surface area contributed by atoms with Crippen LogP contribution in [0, 0.1) is 0 Å². The van der Waals surface area contributed by atoms with Crippen molar-refractivity contribution < 1.29 is 9.59 Å². The molecule has 2 amide bonds. The molecule has 0 unspecified atom stereocenters. The first-order valence-corrected chi connectivity index (χ1v) is 8.05. The van der Waals surface area contributed by atoms with Crippen LogP contribution in [-0.4, -0.2) is 22.6 Å². The maximum Gasteiger partial charge on any atom is 0.286 e. The molecule has 23 heavy (non-hydrogen) atoms. The number of hydrazine groups is 1. The van der Waals surface area contributed by atoms with Crippen molar-refractivity contribution in [3.05, 3.63) is 66.5 Å². The van der Waals surface area contributed by atoms with Crippen LogP contribution in [0.25, 0.3) is 10.8 Å². The third-order valence-electron chi connectivity index (χ3n) is 3.25. The Labute approximate surface area is 137 Å². The number of amides is 2. The fraction of sp³-hybridized carbons (Fsp3) is 0.0588. The van der Waals surface area contributed by atoms with Gasteiger partial charge in [0.15, 0.2) is 0 Å². The first-order chi connectivity index (χ1) is 11.2. The monoisotopic (exact) mass is 325 g/mol. The van der Waals surface area contributed by atoms with Crippen molar-refractivity contribution >= 4 is 34.3 Å². The molecule has 0 fully saturated rings. The van der Waals surface area contributed by atoms with Gasteiger partial charge in [-0.25, -0.2) is 0 Å². The quantitative estimate of drug-likeness (QED) is 0.510. The van der Waals surface area contributed by atoms with Gasteiger partial charge in [-0.1, -0.05) is 30.3 Å². The van der Waals surface area contributed by atoms with E-state index in [1.54, 1.807) is 18.3 Å². The van der Waals surface area contributed by atoms with Crippen molar-refractivity contribution in [2.24, 2.45) is 0 Å². The Morgan fingerprint density at radius 3 is 2.57 bits per heavy atom. The molecule has 0 radical (unpaired) electrons. The lowest BCUT2D eigenvalue weighted by molar-refractivity contribution is -0.119. The number of aromatic amines is 1. The Bertz CT molecular complexity index is 831. The SMILES string of the molecule is O=C(CSc1ccc2ccccc2c1)NNC(=O)c1ccc[nH]1. The van der Waals surface area contributed by atoms with E-state index in [4.69, 9.17) is 0 Å². The molecule has 6 heteroatoms. The highest BCUT2D eigenvalue weighted by Crippen LogP contribution is 2.23. The predicted octanol–water partition coefficient (Wildman–Crippen LogP) is 2.72. The summed E-state index contributed by atoms with van der Waals surface area (Å²) in [7, 11) is 0. The van der Waals surface area contributed by atoms with Gasteiger partial charge >= 0.3 is 0 Å². The lowest BCUT2D eigenvalue weighted by atomic mass is 10.1. The van der Waals surface area contributed by atoms with Gasteiger partial charge in [-0.3, -0.25) is 20.4 Å². The Kier molecular flexibility index (Phi) is 4.63. The summed E-state index contributed by atoms with van der Waals surface area (Å²) < 4.78 is 0. The second-order valence-electron chi connectivity index (χ2n) is 4.88. The van der Waals surface area contributed by atoms with Crippen LogP contribution in [0.2, 0.25) is 0 Å². The molecule has 1 aromatic heterocycles. The number of rotatable bonds is 4. The van der Waals surface area contributed by atoms with Crippen molar-refractivity contribution in [3.63, 3.8) is 0 Å². The number of aromatic nitrogens is 1. The third-order valence-corrected chi connectivity index (χ3v) is 4.24. The summed E-state index contributed by atoms with van der Waals surface area (Å²) in [4.78, 5) is 27.2. The number of hydrogen-bond acceptors (Lipinski definition) is 3. The lowest BCUT2D eigenvalue weighted by Gasteiger charge is -2.07. The number of benzene rings is 2. The lowest BCUT2D eigenvalue weighted by Crippen LogP contribution is -2.42. The summed E-state index contributed by atoms with van der Waals surface area (Å²) in [6.07, 6.45) is 1.65. The molecular weight excluding hydrogens is 310 g/mol. The molecule has 0 aliphatic heterocycles.